The molecule has 1 aromatic heterocycles. The number of amides is 3. The molecule has 6 rings (SSSR count). The maximum Gasteiger partial charge on any atom is 0.410 e. The first kappa shape index (κ1) is 39.7. The number of piperazine rings is 1. The first-order valence-electron chi connectivity index (χ1n) is 18.3. The topological polar surface area (TPSA) is 122 Å². The summed E-state index contributed by atoms with van der Waals surface area (Å²) in [6, 6.07) is 6.16. The lowest BCUT2D eigenvalue weighted by Crippen LogP contribution is -2.65. The second-order valence-corrected chi connectivity index (χ2v) is 17.2. The number of thiazole rings is 1. The summed E-state index contributed by atoms with van der Waals surface area (Å²) in [7, 11) is 1.62. The Morgan fingerprint density at radius 1 is 1.09 bits per heavy atom. The average molecular weight is 800 g/mol. The largest absolute Gasteiger partial charge is 0.496 e. The van der Waals surface area contributed by atoms with Gasteiger partial charge in [-0.1, -0.05) is 35.3 Å². The van der Waals surface area contributed by atoms with Crippen LogP contribution in [0.1, 0.15) is 78.6 Å². The van der Waals surface area contributed by atoms with Crippen LogP contribution in [0.4, 0.5) is 9.59 Å². The van der Waals surface area contributed by atoms with Gasteiger partial charge in [0.15, 0.2) is 5.75 Å². The molecule has 2 aliphatic heterocycles. The molecule has 2 aromatic carbocycles. The molecular formula is C40H48Cl2N4O7S. The Morgan fingerprint density at radius 2 is 1.83 bits per heavy atom. The van der Waals surface area contributed by atoms with Crippen LogP contribution >= 0.6 is 34.5 Å². The van der Waals surface area contributed by atoms with E-state index in [1.54, 1.807) is 39.0 Å². The van der Waals surface area contributed by atoms with E-state index in [9.17, 15) is 14.7 Å². The summed E-state index contributed by atoms with van der Waals surface area (Å²) >= 11 is 14.5. The van der Waals surface area contributed by atoms with Gasteiger partial charge in [-0.3, -0.25) is 9.69 Å². The molecule has 1 unspecified atom stereocenters. The van der Waals surface area contributed by atoms with E-state index in [-0.39, 0.29) is 31.5 Å². The quantitative estimate of drug-likeness (QED) is 0.191. The lowest BCUT2D eigenvalue weighted by Gasteiger charge is -2.50. The molecule has 2 atom stereocenters. The van der Waals surface area contributed by atoms with Crippen molar-refractivity contribution in [3.8, 4) is 11.5 Å². The molecule has 14 heteroatoms. The van der Waals surface area contributed by atoms with Crippen molar-refractivity contribution in [2.75, 3.05) is 26.8 Å². The molecule has 2 fully saturated rings. The Balaban J connectivity index is 1.33. The van der Waals surface area contributed by atoms with E-state index in [0.29, 0.717) is 47.4 Å². The van der Waals surface area contributed by atoms with Gasteiger partial charge in [-0.15, -0.1) is 11.3 Å². The summed E-state index contributed by atoms with van der Waals surface area (Å²) in [6.45, 7) is 12.1. The fourth-order valence-corrected chi connectivity index (χ4v) is 8.92. The fourth-order valence-electron chi connectivity index (χ4n) is 7.23. The van der Waals surface area contributed by atoms with Crippen LogP contribution in [0.3, 0.4) is 0 Å². The maximum atomic E-state index is 15.1. The first-order valence-corrected chi connectivity index (χ1v) is 19.8. The van der Waals surface area contributed by atoms with Gasteiger partial charge in [-0.25, -0.2) is 14.6 Å². The van der Waals surface area contributed by atoms with E-state index in [1.807, 2.05) is 49.9 Å². The molecule has 290 valence electrons. The molecule has 1 aliphatic carbocycles. The molecule has 0 spiro atoms. The van der Waals surface area contributed by atoms with Crippen molar-refractivity contribution in [2.45, 2.75) is 104 Å². The molecular weight excluding hydrogens is 751 g/mol. The molecule has 3 heterocycles. The van der Waals surface area contributed by atoms with Crippen molar-refractivity contribution in [1.29, 1.82) is 0 Å². The smallest absolute Gasteiger partial charge is 0.410 e. The monoisotopic (exact) mass is 798 g/mol. The third-order valence-electron chi connectivity index (χ3n) is 10.3. The Hall–Kier alpha value is -4.00. The molecule has 2 bridgehead atoms. The summed E-state index contributed by atoms with van der Waals surface area (Å²) in [6.07, 6.45) is 3.33. The van der Waals surface area contributed by atoms with Crippen LogP contribution < -0.4 is 9.47 Å². The number of carbonyl (C=O) groups is 3. The number of fused-ring (bicyclic) bond motifs is 2. The van der Waals surface area contributed by atoms with E-state index in [1.165, 1.54) is 16.2 Å². The van der Waals surface area contributed by atoms with Crippen LogP contribution in [-0.2, 0) is 22.5 Å². The number of rotatable bonds is 11. The van der Waals surface area contributed by atoms with Crippen LogP contribution in [0, 0.1) is 20.8 Å². The van der Waals surface area contributed by atoms with Crippen LogP contribution in [0.5, 0.6) is 11.5 Å². The normalized spacial score (nSPS) is 18.5. The molecule has 1 saturated carbocycles. The zero-order valence-electron chi connectivity index (χ0n) is 31.8. The number of carbonyl (C=O) groups excluding carboxylic acids is 2. The average Bonchev–Trinajstić information content (AvgIpc) is 3.84. The number of benzene rings is 2. The van der Waals surface area contributed by atoms with Crippen molar-refractivity contribution in [1.82, 2.24) is 19.7 Å². The summed E-state index contributed by atoms with van der Waals surface area (Å²) in [5.74, 6) is 0.966. The van der Waals surface area contributed by atoms with Crippen LogP contribution in [0.15, 0.2) is 36.0 Å². The van der Waals surface area contributed by atoms with E-state index in [0.717, 1.165) is 56.3 Å². The lowest BCUT2D eigenvalue weighted by atomic mass is 9.83. The van der Waals surface area contributed by atoms with Crippen LogP contribution in [0.2, 0.25) is 10.0 Å². The number of ether oxygens (including phenoxy) is 3. The van der Waals surface area contributed by atoms with Crippen molar-refractivity contribution in [2.24, 2.45) is 0 Å². The Labute approximate surface area is 330 Å². The summed E-state index contributed by atoms with van der Waals surface area (Å²) in [5, 5.41) is 12.4. The van der Waals surface area contributed by atoms with E-state index < -0.39 is 29.9 Å². The number of hydrogen-bond acceptors (Lipinski definition) is 8. The zero-order chi connectivity index (χ0) is 39.1. The molecule has 0 radical (unpaired) electrons. The van der Waals surface area contributed by atoms with Gasteiger partial charge in [0.2, 0.25) is 0 Å². The highest BCUT2D eigenvalue weighted by atomic mass is 35.5. The van der Waals surface area contributed by atoms with Crippen molar-refractivity contribution >= 4 is 58.2 Å². The number of aromatic nitrogens is 1. The fraction of sp³-hybridized carbons (Fsp3) is 0.500. The van der Waals surface area contributed by atoms with E-state index in [4.69, 9.17) is 42.4 Å². The van der Waals surface area contributed by atoms with Gasteiger partial charge in [0.05, 0.1) is 45.7 Å². The minimum atomic E-state index is -1.13. The second kappa shape index (κ2) is 16.0. The van der Waals surface area contributed by atoms with E-state index >= 15 is 4.79 Å². The molecule has 1 saturated heterocycles. The predicted octanol–water partition coefficient (Wildman–Crippen LogP) is 8.71. The Kier molecular flexibility index (Phi) is 11.8. The van der Waals surface area contributed by atoms with Crippen molar-refractivity contribution in [3.63, 3.8) is 0 Å². The highest BCUT2D eigenvalue weighted by Gasteiger charge is 2.50. The minimum Gasteiger partial charge on any atom is -0.496 e. The number of aryl methyl sites for hydroxylation is 2. The van der Waals surface area contributed by atoms with Crippen LogP contribution in [0.25, 0.3) is 5.57 Å². The third kappa shape index (κ3) is 8.45. The van der Waals surface area contributed by atoms with Crippen molar-refractivity contribution < 1.29 is 33.7 Å². The van der Waals surface area contributed by atoms with Crippen LogP contribution in [-0.4, -0.2) is 93.4 Å². The summed E-state index contributed by atoms with van der Waals surface area (Å²) in [5.41, 5.74) is 4.22. The van der Waals surface area contributed by atoms with Gasteiger partial charge in [-0.2, -0.15) is 0 Å². The molecule has 3 aliphatic rings. The number of hydrogen-bond donors (Lipinski definition) is 1. The number of methoxy groups -OCH3 is 1. The molecule has 3 aromatic rings. The van der Waals surface area contributed by atoms with Gasteiger partial charge < -0.3 is 29.1 Å². The highest BCUT2D eigenvalue weighted by molar-refractivity contribution is 7.12. The molecule has 11 nitrogen and oxygen atoms in total. The maximum absolute atomic E-state index is 15.1. The third-order valence-corrected chi connectivity index (χ3v) is 12.1. The standard InChI is InChI=1S/C40H48Cl2N4O7S/c1-22-16-29(41)36(35(42)23(22)2)52-15-9-12-33-43-18-32(54-33)28-17-27-20-44(39(50)53-40(4,5)6)21-30(46(27)38(48)49)34(28)37(47)45(26-13-14-26)19-25-10-8-11-31(51-7)24(25)3/h8,10-11,16,18,26-27,30H,9,12-15,17,19-21H2,1-7H3,(H,48,49)/t27?,30-/m1/s1. The van der Waals surface area contributed by atoms with Gasteiger partial charge in [0, 0.05) is 43.9 Å². The number of nitrogens with zero attached hydrogens (tertiary/aromatic N) is 4. The Morgan fingerprint density at radius 3 is 2.50 bits per heavy atom. The number of halogens is 2. The Bertz CT molecular complexity index is 1970. The zero-order valence-corrected chi connectivity index (χ0v) is 34.2. The van der Waals surface area contributed by atoms with Gasteiger partial charge in [0.1, 0.15) is 11.4 Å². The first-order chi connectivity index (χ1) is 25.6. The number of carboxylic acid groups (broad SMARTS) is 1. The van der Waals surface area contributed by atoms with Crippen molar-refractivity contribution in [3.05, 3.63) is 78.2 Å². The molecule has 1 N–H and O–H groups in total. The molecule has 3 amide bonds. The van der Waals surface area contributed by atoms with E-state index in [2.05, 4.69) is 0 Å². The summed E-state index contributed by atoms with van der Waals surface area (Å²) < 4.78 is 17.3. The van der Waals surface area contributed by atoms with Gasteiger partial charge in [0.25, 0.3) is 5.91 Å². The van der Waals surface area contributed by atoms with Gasteiger partial charge >= 0.3 is 12.2 Å². The predicted molar refractivity (Wildman–Crippen MR) is 210 cm³/mol. The summed E-state index contributed by atoms with van der Waals surface area (Å²) in [4.78, 5) is 51.8. The lowest BCUT2D eigenvalue weighted by molar-refractivity contribution is -0.129. The highest BCUT2D eigenvalue weighted by Crippen LogP contribution is 2.43. The molecule has 54 heavy (non-hydrogen) atoms. The second-order valence-electron chi connectivity index (χ2n) is 15.3. The van der Waals surface area contributed by atoms with Gasteiger partial charge in [-0.05, 0) is 107 Å². The SMILES string of the molecule is COc1cccc(CN(C(=O)C2=C(c3cnc(CCCOc4c(Cl)cc(C)c(C)c4Cl)s3)CC3CN(C(=O)OC(C)(C)C)C[C@H]2N3C(=O)O)C2CC2)c1C. The minimum absolute atomic E-state index is 0.00835.